The Kier molecular flexibility index (Phi) is 3.16. The quantitative estimate of drug-likeness (QED) is 0.672. The molecule has 0 aromatic heterocycles. The monoisotopic (exact) mass is 186 g/mol. The van der Waals surface area contributed by atoms with Gasteiger partial charge in [-0.2, -0.15) is 0 Å². The number of nitrogens with zero attached hydrogens (tertiary/aromatic N) is 1. The highest BCUT2D eigenvalue weighted by atomic mass is 16.5. The van der Waals surface area contributed by atoms with Crippen LogP contribution in [0.2, 0.25) is 0 Å². The molecule has 4 nitrogen and oxygen atoms in total. The molecule has 2 fully saturated rings. The summed E-state index contributed by atoms with van der Waals surface area (Å²) in [5.41, 5.74) is 3.49. The third kappa shape index (κ3) is 2.40. The molecule has 4 heteroatoms. The summed E-state index contributed by atoms with van der Waals surface area (Å²) in [7, 11) is 1.79. The van der Waals surface area contributed by atoms with Crippen molar-refractivity contribution in [2.45, 2.75) is 25.0 Å². The van der Waals surface area contributed by atoms with Gasteiger partial charge in [0.1, 0.15) is 0 Å². The van der Waals surface area contributed by atoms with Crippen LogP contribution in [0.3, 0.4) is 0 Å². The number of hydrogen-bond acceptors (Lipinski definition) is 4. The predicted molar refractivity (Wildman–Crippen MR) is 49.3 cm³/mol. The second-order valence-corrected chi connectivity index (χ2v) is 3.75. The number of hydrogen-bond donors (Lipinski definition) is 1. The fraction of sp³-hybridized carbons (Fsp3) is 1.00. The Morgan fingerprint density at radius 3 is 2.62 bits per heavy atom. The number of methoxy groups -OCH3 is 1. The van der Waals surface area contributed by atoms with Gasteiger partial charge in [-0.05, 0) is 12.8 Å². The van der Waals surface area contributed by atoms with E-state index in [4.69, 9.17) is 9.47 Å². The molecule has 0 bridgehead atoms. The first-order chi connectivity index (χ1) is 6.38. The molecule has 76 valence electrons. The standard InChI is InChI=1S/C9H18N2O2/c1-12-9-6-8(7-9)10-11-2-4-13-5-3-11/h8-10H,2-7H2,1H3. The van der Waals surface area contributed by atoms with Crippen LogP contribution in [0.1, 0.15) is 12.8 Å². The van der Waals surface area contributed by atoms with E-state index in [1.165, 1.54) is 0 Å². The lowest BCUT2D eigenvalue weighted by molar-refractivity contribution is -0.0396. The second-order valence-electron chi connectivity index (χ2n) is 3.75. The lowest BCUT2D eigenvalue weighted by Crippen LogP contribution is -2.55. The van der Waals surface area contributed by atoms with Crippen molar-refractivity contribution in [2.24, 2.45) is 0 Å². The van der Waals surface area contributed by atoms with Gasteiger partial charge in [-0.3, -0.25) is 5.43 Å². The fourth-order valence-electron chi connectivity index (χ4n) is 1.81. The van der Waals surface area contributed by atoms with E-state index in [0.717, 1.165) is 39.1 Å². The normalized spacial score (nSPS) is 35.8. The Morgan fingerprint density at radius 1 is 1.31 bits per heavy atom. The van der Waals surface area contributed by atoms with Crippen LogP contribution < -0.4 is 5.43 Å². The van der Waals surface area contributed by atoms with Crippen LogP contribution in [-0.2, 0) is 9.47 Å². The van der Waals surface area contributed by atoms with Gasteiger partial charge in [-0.1, -0.05) is 0 Å². The maximum absolute atomic E-state index is 5.27. The van der Waals surface area contributed by atoms with Crippen molar-refractivity contribution in [3.63, 3.8) is 0 Å². The summed E-state index contributed by atoms with van der Waals surface area (Å²) in [6.07, 6.45) is 2.78. The molecule has 0 radical (unpaired) electrons. The van der Waals surface area contributed by atoms with Gasteiger partial charge in [0.25, 0.3) is 0 Å². The van der Waals surface area contributed by atoms with Crippen LogP contribution in [0.5, 0.6) is 0 Å². The molecule has 1 aliphatic heterocycles. The number of rotatable bonds is 3. The summed E-state index contributed by atoms with van der Waals surface area (Å²) in [5, 5.41) is 2.26. The predicted octanol–water partition coefficient (Wildman–Crippen LogP) is 0.000600. The van der Waals surface area contributed by atoms with Crippen molar-refractivity contribution in [3.05, 3.63) is 0 Å². The minimum absolute atomic E-state index is 0.485. The van der Waals surface area contributed by atoms with E-state index < -0.39 is 0 Å². The van der Waals surface area contributed by atoms with Crippen molar-refractivity contribution in [3.8, 4) is 0 Å². The molecule has 0 aromatic carbocycles. The Bertz CT molecular complexity index is 154. The summed E-state index contributed by atoms with van der Waals surface area (Å²) in [5.74, 6) is 0. The fourth-order valence-corrected chi connectivity index (χ4v) is 1.81. The zero-order valence-corrected chi connectivity index (χ0v) is 8.16. The van der Waals surface area contributed by atoms with Gasteiger partial charge in [0, 0.05) is 26.2 Å². The van der Waals surface area contributed by atoms with Crippen molar-refractivity contribution in [1.29, 1.82) is 0 Å². The third-order valence-corrected chi connectivity index (χ3v) is 2.80. The van der Waals surface area contributed by atoms with Gasteiger partial charge in [0.05, 0.1) is 19.3 Å². The molecule has 2 rings (SSSR count). The van der Waals surface area contributed by atoms with Crippen LogP contribution in [0, 0.1) is 0 Å². The van der Waals surface area contributed by atoms with Crippen LogP contribution >= 0.6 is 0 Å². The van der Waals surface area contributed by atoms with Gasteiger partial charge < -0.3 is 9.47 Å². The Labute approximate surface area is 79.2 Å². The molecule has 0 amide bonds. The molecule has 0 unspecified atom stereocenters. The first-order valence-electron chi connectivity index (χ1n) is 5.00. The molecule has 1 saturated heterocycles. The minimum Gasteiger partial charge on any atom is -0.381 e. The Morgan fingerprint density at radius 2 is 2.00 bits per heavy atom. The molecule has 1 N–H and O–H groups in total. The van der Waals surface area contributed by atoms with Gasteiger partial charge >= 0.3 is 0 Å². The summed E-state index contributed by atoms with van der Waals surface area (Å²) < 4.78 is 10.5. The van der Waals surface area contributed by atoms with E-state index in [1.807, 2.05) is 0 Å². The van der Waals surface area contributed by atoms with Crippen molar-refractivity contribution in [2.75, 3.05) is 33.4 Å². The van der Waals surface area contributed by atoms with E-state index in [9.17, 15) is 0 Å². The van der Waals surface area contributed by atoms with E-state index in [-0.39, 0.29) is 0 Å². The average molecular weight is 186 g/mol. The second kappa shape index (κ2) is 4.37. The summed E-state index contributed by atoms with van der Waals surface area (Å²) in [4.78, 5) is 0. The van der Waals surface area contributed by atoms with Crippen LogP contribution in [0.4, 0.5) is 0 Å². The largest absolute Gasteiger partial charge is 0.381 e. The van der Waals surface area contributed by atoms with Crippen LogP contribution in [0.25, 0.3) is 0 Å². The molecule has 13 heavy (non-hydrogen) atoms. The zero-order chi connectivity index (χ0) is 9.10. The van der Waals surface area contributed by atoms with E-state index in [0.29, 0.717) is 12.1 Å². The summed E-state index contributed by atoms with van der Waals surface area (Å²) in [6.45, 7) is 3.73. The first kappa shape index (κ1) is 9.40. The van der Waals surface area contributed by atoms with Gasteiger partial charge in [0.15, 0.2) is 0 Å². The van der Waals surface area contributed by atoms with Crippen molar-refractivity contribution >= 4 is 0 Å². The molecular formula is C9H18N2O2. The minimum atomic E-state index is 0.485. The van der Waals surface area contributed by atoms with Crippen LogP contribution in [0.15, 0.2) is 0 Å². The number of morpholine rings is 1. The number of nitrogens with one attached hydrogen (secondary N) is 1. The number of ether oxygens (including phenoxy) is 2. The zero-order valence-electron chi connectivity index (χ0n) is 8.16. The van der Waals surface area contributed by atoms with Crippen LogP contribution in [-0.4, -0.2) is 50.6 Å². The van der Waals surface area contributed by atoms with Crippen molar-refractivity contribution in [1.82, 2.24) is 10.4 Å². The highest BCUT2D eigenvalue weighted by Gasteiger charge is 2.30. The molecular weight excluding hydrogens is 168 g/mol. The van der Waals surface area contributed by atoms with Gasteiger partial charge in [-0.25, -0.2) is 5.01 Å². The Hall–Kier alpha value is -0.160. The maximum Gasteiger partial charge on any atom is 0.0608 e. The molecule has 2 aliphatic rings. The molecule has 1 heterocycles. The molecule has 1 saturated carbocycles. The first-order valence-corrected chi connectivity index (χ1v) is 5.00. The summed E-state index contributed by atoms with van der Waals surface area (Å²) in [6, 6.07) is 0.628. The topological polar surface area (TPSA) is 33.7 Å². The maximum atomic E-state index is 5.27. The third-order valence-electron chi connectivity index (χ3n) is 2.80. The van der Waals surface area contributed by atoms with E-state index in [2.05, 4.69) is 10.4 Å². The lowest BCUT2D eigenvalue weighted by Gasteiger charge is -2.39. The van der Waals surface area contributed by atoms with E-state index in [1.54, 1.807) is 7.11 Å². The van der Waals surface area contributed by atoms with Gasteiger partial charge in [0.2, 0.25) is 0 Å². The highest BCUT2D eigenvalue weighted by molar-refractivity contribution is 4.85. The SMILES string of the molecule is COC1CC(NN2CCOCC2)C1. The molecule has 1 aliphatic carbocycles. The van der Waals surface area contributed by atoms with E-state index >= 15 is 0 Å². The lowest BCUT2D eigenvalue weighted by atomic mass is 9.90. The smallest absolute Gasteiger partial charge is 0.0608 e. The highest BCUT2D eigenvalue weighted by Crippen LogP contribution is 2.22. The molecule has 0 aromatic rings. The van der Waals surface area contributed by atoms with Gasteiger partial charge in [-0.15, -0.1) is 0 Å². The molecule has 0 atom stereocenters. The summed E-state index contributed by atoms with van der Waals surface area (Å²) >= 11 is 0. The number of hydrazine groups is 1. The molecule has 0 spiro atoms. The average Bonchev–Trinajstić information content (AvgIpc) is 2.12. The Balaban J connectivity index is 1.62. The van der Waals surface area contributed by atoms with Crippen molar-refractivity contribution < 1.29 is 9.47 Å².